The summed E-state index contributed by atoms with van der Waals surface area (Å²) < 4.78 is 40.5. The molecule has 1 aliphatic rings. The van der Waals surface area contributed by atoms with Gasteiger partial charge in [-0.1, -0.05) is 0 Å². The van der Waals surface area contributed by atoms with Crippen LogP contribution in [-0.2, 0) is 27.4 Å². The first kappa shape index (κ1) is 16.2. The minimum absolute atomic E-state index is 0.280. The third-order valence-electron chi connectivity index (χ3n) is 2.29. The Bertz CT molecular complexity index is 366. The smallest absolute Gasteiger partial charge is 0.370 e. The van der Waals surface area contributed by atoms with E-state index in [1.807, 2.05) is 0 Å². The Hall–Kier alpha value is 0.180. The summed E-state index contributed by atoms with van der Waals surface area (Å²) in [5.74, 6) is 0. The standard InChI is InChI=1S/C7H16O9P2/c1-5-3-6(16-18(11,12)13-2)7(15-5)4-14-17(8,9)10/h5-7H,3-4H2,1-2H3,(H,11,12)(H2,8,9,10)/t5-,6-,7+/m0/s1. The maximum atomic E-state index is 11.3. The summed E-state index contributed by atoms with van der Waals surface area (Å²) in [4.78, 5) is 26.3. The van der Waals surface area contributed by atoms with Gasteiger partial charge in [-0.3, -0.25) is 13.6 Å². The fourth-order valence-electron chi connectivity index (χ4n) is 1.56. The Morgan fingerprint density at radius 1 is 1.33 bits per heavy atom. The van der Waals surface area contributed by atoms with Gasteiger partial charge < -0.3 is 19.4 Å². The highest BCUT2D eigenvalue weighted by atomic mass is 31.2. The predicted molar refractivity (Wildman–Crippen MR) is 58.7 cm³/mol. The van der Waals surface area contributed by atoms with Gasteiger partial charge in [0.15, 0.2) is 0 Å². The van der Waals surface area contributed by atoms with Crippen molar-refractivity contribution in [3.8, 4) is 0 Å². The second kappa shape index (κ2) is 6.09. The van der Waals surface area contributed by atoms with E-state index in [1.54, 1.807) is 6.92 Å². The first-order valence-corrected chi connectivity index (χ1v) is 8.08. The van der Waals surface area contributed by atoms with Gasteiger partial charge in [0.25, 0.3) is 0 Å². The molecule has 1 saturated heterocycles. The maximum Gasteiger partial charge on any atom is 0.472 e. The topological polar surface area (TPSA) is 132 Å². The SMILES string of the molecule is COP(=O)(O)O[C@H]1C[C@H](C)O[C@@H]1COP(=O)(O)O. The summed E-state index contributed by atoms with van der Waals surface area (Å²) in [5.41, 5.74) is 0. The molecule has 0 spiro atoms. The average Bonchev–Trinajstić information content (AvgIpc) is 2.54. The van der Waals surface area contributed by atoms with Crippen LogP contribution < -0.4 is 0 Å². The van der Waals surface area contributed by atoms with Gasteiger partial charge >= 0.3 is 15.6 Å². The van der Waals surface area contributed by atoms with Crippen LogP contribution in [0.5, 0.6) is 0 Å². The highest BCUT2D eigenvalue weighted by molar-refractivity contribution is 7.47. The van der Waals surface area contributed by atoms with Gasteiger partial charge in [-0.2, -0.15) is 0 Å². The lowest BCUT2D eigenvalue weighted by Gasteiger charge is -2.20. The number of phosphoric ester groups is 2. The average molecular weight is 306 g/mol. The van der Waals surface area contributed by atoms with Crippen molar-refractivity contribution < 1.29 is 42.1 Å². The van der Waals surface area contributed by atoms with Crippen LogP contribution in [0.3, 0.4) is 0 Å². The van der Waals surface area contributed by atoms with Crippen LogP contribution in [-0.4, -0.2) is 46.7 Å². The number of rotatable bonds is 6. The highest BCUT2D eigenvalue weighted by Crippen LogP contribution is 2.47. The molecular weight excluding hydrogens is 290 g/mol. The van der Waals surface area contributed by atoms with Crippen LogP contribution in [0.15, 0.2) is 0 Å². The minimum Gasteiger partial charge on any atom is -0.370 e. The molecule has 0 radical (unpaired) electrons. The van der Waals surface area contributed by atoms with Gasteiger partial charge in [0.05, 0.1) is 12.7 Å². The molecule has 0 aromatic rings. The lowest BCUT2D eigenvalue weighted by molar-refractivity contribution is -0.0176. The summed E-state index contributed by atoms with van der Waals surface area (Å²) >= 11 is 0. The Kier molecular flexibility index (Phi) is 5.49. The molecule has 0 saturated carbocycles. The van der Waals surface area contributed by atoms with Crippen molar-refractivity contribution in [2.45, 2.75) is 31.7 Å². The van der Waals surface area contributed by atoms with Crippen LogP contribution in [0, 0.1) is 0 Å². The molecule has 0 amide bonds. The molecule has 1 heterocycles. The van der Waals surface area contributed by atoms with Crippen LogP contribution >= 0.6 is 15.6 Å². The van der Waals surface area contributed by atoms with Crippen molar-refractivity contribution in [2.75, 3.05) is 13.7 Å². The monoisotopic (exact) mass is 306 g/mol. The molecule has 9 nitrogen and oxygen atoms in total. The van der Waals surface area contributed by atoms with E-state index in [2.05, 4.69) is 9.05 Å². The van der Waals surface area contributed by atoms with Gasteiger partial charge in [0, 0.05) is 13.5 Å². The van der Waals surface area contributed by atoms with E-state index in [9.17, 15) is 14.0 Å². The summed E-state index contributed by atoms with van der Waals surface area (Å²) in [7, 11) is -7.79. The van der Waals surface area contributed by atoms with Crippen LogP contribution in [0.25, 0.3) is 0 Å². The second-order valence-corrected chi connectivity index (χ2v) is 6.55. The van der Waals surface area contributed by atoms with Crippen molar-refractivity contribution in [2.24, 2.45) is 0 Å². The van der Waals surface area contributed by atoms with E-state index in [1.165, 1.54) is 0 Å². The first-order chi connectivity index (χ1) is 8.13. The Morgan fingerprint density at radius 3 is 2.44 bits per heavy atom. The third-order valence-corrected chi connectivity index (χ3v) is 3.78. The van der Waals surface area contributed by atoms with Gasteiger partial charge in [-0.25, -0.2) is 9.13 Å². The summed E-state index contributed by atoms with van der Waals surface area (Å²) in [5, 5.41) is 0. The summed E-state index contributed by atoms with van der Waals surface area (Å²) in [6.07, 6.45) is -1.66. The zero-order valence-corrected chi connectivity index (χ0v) is 11.6. The molecule has 0 aromatic heterocycles. The molecule has 0 aromatic carbocycles. The molecule has 0 aliphatic carbocycles. The maximum absolute atomic E-state index is 11.3. The molecule has 4 atom stereocenters. The van der Waals surface area contributed by atoms with E-state index >= 15 is 0 Å². The molecule has 1 rings (SSSR count). The van der Waals surface area contributed by atoms with Gasteiger partial charge in [0.1, 0.15) is 12.2 Å². The molecule has 11 heteroatoms. The predicted octanol–water partition coefficient (Wildman–Crippen LogP) is 0.405. The molecule has 1 aliphatic heterocycles. The van der Waals surface area contributed by atoms with Crippen molar-refractivity contribution in [3.63, 3.8) is 0 Å². The molecule has 0 bridgehead atoms. The fraction of sp³-hybridized carbons (Fsp3) is 1.00. The Balaban J connectivity index is 2.59. The van der Waals surface area contributed by atoms with Crippen LogP contribution in [0.1, 0.15) is 13.3 Å². The number of phosphoric acid groups is 2. The number of ether oxygens (including phenoxy) is 1. The first-order valence-electron chi connectivity index (χ1n) is 5.05. The summed E-state index contributed by atoms with van der Waals surface area (Å²) in [6, 6.07) is 0. The number of hydrogen-bond donors (Lipinski definition) is 3. The minimum atomic E-state index is -4.62. The van der Waals surface area contributed by atoms with Gasteiger partial charge in [-0.05, 0) is 6.92 Å². The quantitative estimate of drug-likeness (QED) is 0.596. The highest BCUT2D eigenvalue weighted by Gasteiger charge is 2.39. The van der Waals surface area contributed by atoms with Gasteiger partial charge in [-0.15, -0.1) is 0 Å². The normalized spacial score (nSPS) is 32.4. The molecule has 3 N–H and O–H groups in total. The van der Waals surface area contributed by atoms with Crippen molar-refractivity contribution in [1.82, 2.24) is 0 Å². The lowest BCUT2D eigenvalue weighted by Crippen LogP contribution is -2.28. The second-order valence-electron chi connectivity index (χ2n) is 3.80. The summed E-state index contributed by atoms with van der Waals surface area (Å²) in [6.45, 7) is 1.26. The van der Waals surface area contributed by atoms with E-state index in [0.717, 1.165) is 7.11 Å². The number of hydrogen-bond acceptors (Lipinski definition) is 6. The Morgan fingerprint density at radius 2 is 1.94 bits per heavy atom. The van der Waals surface area contributed by atoms with E-state index < -0.39 is 34.5 Å². The van der Waals surface area contributed by atoms with Gasteiger partial charge in [0.2, 0.25) is 0 Å². The molecule has 1 unspecified atom stereocenters. The zero-order valence-electron chi connectivity index (χ0n) is 9.83. The fourth-order valence-corrected chi connectivity index (χ4v) is 2.55. The van der Waals surface area contributed by atoms with E-state index in [0.29, 0.717) is 6.42 Å². The lowest BCUT2D eigenvalue weighted by atomic mass is 10.1. The van der Waals surface area contributed by atoms with E-state index in [4.69, 9.17) is 19.0 Å². The molecule has 1 fully saturated rings. The molecular formula is C7H16O9P2. The van der Waals surface area contributed by atoms with Crippen LogP contribution in [0.2, 0.25) is 0 Å². The molecule has 108 valence electrons. The zero-order chi connectivity index (χ0) is 14.0. The Labute approximate surface area is 104 Å². The van der Waals surface area contributed by atoms with Crippen molar-refractivity contribution >= 4 is 15.6 Å². The van der Waals surface area contributed by atoms with Crippen molar-refractivity contribution in [3.05, 3.63) is 0 Å². The third kappa shape index (κ3) is 5.44. The van der Waals surface area contributed by atoms with Crippen molar-refractivity contribution in [1.29, 1.82) is 0 Å². The largest absolute Gasteiger partial charge is 0.472 e. The van der Waals surface area contributed by atoms with Crippen LogP contribution in [0.4, 0.5) is 0 Å². The molecule has 18 heavy (non-hydrogen) atoms. The van der Waals surface area contributed by atoms with E-state index in [-0.39, 0.29) is 6.10 Å².